The van der Waals surface area contributed by atoms with Gasteiger partial charge in [0.05, 0.1) is 7.11 Å². The number of ether oxygens (including phenoxy) is 1. The van der Waals surface area contributed by atoms with Crippen molar-refractivity contribution in [1.82, 2.24) is 14.9 Å². The monoisotopic (exact) mass is 564 g/mol. The molecule has 7 nitrogen and oxygen atoms in total. The van der Waals surface area contributed by atoms with Crippen LogP contribution in [-0.2, 0) is 16.4 Å². The maximum absolute atomic E-state index is 12.7. The molecule has 2 N–H and O–H groups in total. The van der Waals surface area contributed by atoms with Crippen LogP contribution in [0.5, 0.6) is 5.75 Å². The minimum absolute atomic E-state index is 0. The van der Waals surface area contributed by atoms with Gasteiger partial charge in [0, 0.05) is 32.2 Å². The van der Waals surface area contributed by atoms with Crippen molar-refractivity contribution in [2.45, 2.75) is 37.7 Å². The van der Waals surface area contributed by atoms with E-state index in [1.807, 2.05) is 31.2 Å². The molecule has 1 aliphatic rings. The minimum Gasteiger partial charge on any atom is -0.497 e. The molecule has 0 unspecified atom stereocenters. The fraction of sp³-hybridized carbons (Fsp3) is 0.611. The first kappa shape index (κ1) is 26.8. The average molecular weight is 564 g/mol. The molecule has 2 rings (SSSR count). The molecule has 0 amide bonds. The van der Waals surface area contributed by atoms with Gasteiger partial charge >= 0.3 is 15.5 Å². The Kier molecular flexibility index (Phi) is 10.6. The lowest BCUT2D eigenvalue weighted by Crippen LogP contribution is -2.51. The Hall–Kier alpha value is -1.28. The number of nitrogens with one attached hydrogen (secondary N) is 2. The highest BCUT2D eigenvalue weighted by Gasteiger charge is 2.50. The molecule has 0 atom stereocenters. The van der Waals surface area contributed by atoms with Gasteiger partial charge in [-0.1, -0.05) is 12.1 Å². The summed E-state index contributed by atoms with van der Waals surface area (Å²) in [5.74, 6) is 1.35. The van der Waals surface area contributed by atoms with Crippen molar-refractivity contribution in [2.75, 3.05) is 33.3 Å². The van der Waals surface area contributed by atoms with Gasteiger partial charge in [-0.3, -0.25) is 4.99 Å². The Balaban J connectivity index is 0.00000450. The van der Waals surface area contributed by atoms with Gasteiger partial charge < -0.3 is 15.4 Å². The Labute approximate surface area is 192 Å². The Morgan fingerprint density at radius 3 is 2.33 bits per heavy atom. The topological polar surface area (TPSA) is 83.0 Å². The molecule has 1 saturated heterocycles. The second-order valence-electron chi connectivity index (χ2n) is 6.63. The second kappa shape index (κ2) is 11.9. The zero-order valence-corrected chi connectivity index (χ0v) is 20.1. The minimum atomic E-state index is -5.26. The smallest absolute Gasteiger partial charge is 0.497 e. The van der Waals surface area contributed by atoms with E-state index in [-0.39, 0.29) is 55.9 Å². The van der Waals surface area contributed by atoms with Crippen LogP contribution in [0.4, 0.5) is 13.2 Å². The lowest BCUT2D eigenvalue weighted by atomic mass is 10.1. The number of guanidine groups is 1. The lowest BCUT2D eigenvalue weighted by molar-refractivity contribution is -0.0494. The van der Waals surface area contributed by atoms with Gasteiger partial charge in [0.2, 0.25) is 0 Å². The highest BCUT2D eigenvalue weighted by Crippen LogP contribution is 2.28. The van der Waals surface area contributed by atoms with Crippen LogP contribution < -0.4 is 15.4 Å². The first-order chi connectivity index (χ1) is 13.7. The number of alkyl halides is 3. The quantitative estimate of drug-likeness (QED) is 0.303. The van der Waals surface area contributed by atoms with Crippen molar-refractivity contribution >= 4 is 40.0 Å². The van der Waals surface area contributed by atoms with Crippen molar-refractivity contribution in [3.05, 3.63) is 29.8 Å². The molecule has 0 aromatic heterocycles. The molecule has 1 heterocycles. The van der Waals surface area contributed by atoms with Gasteiger partial charge in [-0.25, -0.2) is 8.42 Å². The Bertz CT molecular complexity index is 781. The molecule has 1 aromatic carbocycles. The molecular weight excluding hydrogens is 536 g/mol. The van der Waals surface area contributed by atoms with E-state index in [9.17, 15) is 21.6 Å². The number of methoxy groups -OCH3 is 1. The highest BCUT2D eigenvalue weighted by molar-refractivity contribution is 14.0. The normalized spacial score (nSPS) is 16.6. The number of aliphatic imine (C=N–C) groups is 1. The number of nitrogens with zero attached hydrogens (tertiary/aromatic N) is 2. The molecule has 0 bridgehead atoms. The fourth-order valence-electron chi connectivity index (χ4n) is 2.99. The van der Waals surface area contributed by atoms with Gasteiger partial charge in [-0.05, 0) is 43.9 Å². The third-order valence-electron chi connectivity index (χ3n) is 4.60. The fourth-order valence-corrected chi connectivity index (χ4v) is 3.97. The number of benzene rings is 1. The number of piperidine rings is 1. The number of halogens is 4. The molecule has 12 heteroatoms. The summed E-state index contributed by atoms with van der Waals surface area (Å²) in [5.41, 5.74) is -4.15. The van der Waals surface area contributed by atoms with Crippen molar-refractivity contribution < 1.29 is 26.3 Å². The predicted octanol–water partition coefficient (Wildman–Crippen LogP) is 2.72. The first-order valence-corrected chi connectivity index (χ1v) is 10.9. The van der Waals surface area contributed by atoms with Crippen LogP contribution in [0, 0.1) is 0 Å². The molecule has 1 aromatic rings. The van der Waals surface area contributed by atoms with Crippen molar-refractivity contribution in [2.24, 2.45) is 4.99 Å². The summed E-state index contributed by atoms with van der Waals surface area (Å²) in [6, 6.07) is 7.54. The number of hydrogen-bond acceptors (Lipinski definition) is 4. The van der Waals surface area contributed by atoms with Crippen LogP contribution in [0.25, 0.3) is 0 Å². The largest absolute Gasteiger partial charge is 0.511 e. The van der Waals surface area contributed by atoms with Crippen molar-refractivity contribution in [1.29, 1.82) is 0 Å². The molecular formula is C18H28F3IN4O3S. The van der Waals surface area contributed by atoms with Gasteiger partial charge in [0.25, 0.3) is 0 Å². The van der Waals surface area contributed by atoms with Crippen LogP contribution in [0.1, 0.15) is 25.3 Å². The van der Waals surface area contributed by atoms with E-state index >= 15 is 0 Å². The summed E-state index contributed by atoms with van der Waals surface area (Å²) in [6.45, 7) is 2.73. The zero-order chi connectivity index (χ0) is 21.5. The summed E-state index contributed by atoms with van der Waals surface area (Å²) in [4.78, 5) is 4.50. The van der Waals surface area contributed by atoms with Gasteiger partial charge in [0.15, 0.2) is 5.96 Å². The summed E-state index contributed by atoms with van der Waals surface area (Å²) in [6.07, 6.45) is 1.28. The van der Waals surface area contributed by atoms with E-state index in [2.05, 4.69) is 15.6 Å². The van der Waals surface area contributed by atoms with Crippen LogP contribution in [-0.4, -0.2) is 63.5 Å². The molecule has 0 saturated carbocycles. The maximum atomic E-state index is 12.7. The molecule has 172 valence electrons. The zero-order valence-electron chi connectivity index (χ0n) is 16.9. The van der Waals surface area contributed by atoms with Gasteiger partial charge in [-0.2, -0.15) is 17.5 Å². The molecule has 0 spiro atoms. The molecule has 1 fully saturated rings. The van der Waals surface area contributed by atoms with E-state index in [4.69, 9.17) is 4.74 Å². The van der Waals surface area contributed by atoms with Crippen molar-refractivity contribution in [3.8, 4) is 5.75 Å². The lowest BCUT2D eigenvalue weighted by Gasteiger charge is -2.32. The SMILES string of the molecule is CCNC(=NCCc1ccc(OC)cc1)NC1CCN(S(=O)(=O)C(F)(F)F)CC1.I. The standard InChI is InChI=1S/C18H27F3N4O3S.HI/c1-3-22-17(23-11-8-14-4-6-16(28-2)7-5-14)24-15-9-12-25(13-10-15)29(26,27)18(19,20)21;/h4-7,15H,3,8-13H2,1-2H3,(H2,22,23,24);1H. The van der Waals surface area contributed by atoms with E-state index in [0.29, 0.717) is 23.4 Å². The summed E-state index contributed by atoms with van der Waals surface area (Å²) < 4.78 is 66.6. The first-order valence-electron chi connectivity index (χ1n) is 9.41. The van der Waals surface area contributed by atoms with Crippen LogP contribution in [0.3, 0.4) is 0 Å². The molecule has 30 heavy (non-hydrogen) atoms. The maximum Gasteiger partial charge on any atom is 0.511 e. The van der Waals surface area contributed by atoms with E-state index < -0.39 is 15.5 Å². The highest BCUT2D eigenvalue weighted by atomic mass is 127. The summed E-state index contributed by atoms with van der Waals surface area (Å²) >= 11 is 0. The Morgan fingerprint density at radius 2 is 1.83 bits per heavy atom. The van der Waals surface area contributed by atoms with E-state index in [0.717, 1.165) is 17.7 Å². The van der Waals surface area contributed by atoms with Crippen LogP contribution in [0.2, 0.25) is 0 Å². The van der Waals surface area contributed by atoms with Gasteiger partial charge in [0.1, 0.15) is 5.75 Å². The van der Waals surface area contributed by atoms with Gasteiger partial charge in [-0.15, -0.1) is 24.0 Å². The number of rotatable bonds is 7. The third-order valence-corrected chi connectivity index (χ3v) is 6.23. The van der Waals surface area contributed by atoms with Crippen molar-refractivity contribution in [3.63, 3.8) is 0 Å². The summed E-state index contributed by atoms with van der Waals surface area (Å²) in [5, 5.41) is 6.30. The van der Waals surface area contributed by atoms with Crippen LogP contribution >= 0.6 is 24.0 Å². The number of hydrogen-bond donors (Lipinski definition) is 2. The number of sulfonamides is 1. The molecule has 0 aliphatic carbocycles. The average Bonchev–Trinajstić information content (AvgIpc) is 2.68. The summed E-state index contributed by atoms with van der Waals surface area (Å²) in [7, 11) is -3.65. The predicted molar refractivity (Wildman–Crippen MR) is 121 cm³/mol. The second-order valence-corrected chi connectivity index (χ2v) is 8.56. The van der Waals surface area contributed by atoms with Crippen LogP contribution in [0.15, 0.2) is 29.3 Å². The third kappa shape index (κ3) is 7.45. The van der Waals surface area contributed by atoms with E-state index in [1.165, 1.54) is 0 Å². The Morgan fingerprint density at radius 1 is 1.23 bits per heavy atom. The molecule has 1 aliphatic heterocycles. The van der Waals surface area contributed by atoms with E-state index in [1.54, 1.807) is 7.11 Å². The molecule has 0 radical (unpaired) electrons.